The summed E-state index contributed by atoms with van der Waals surface area (Å²) in [6.07, 6.45) is 2.00. The SMILES string of the molecule is Cl.Cl.NCC1CCCN1C(=O)Cn1c(COc2ccccc2)nc2ccccc21. The van der Waals surface area contributed by atoms with E-state index in [2.05, 4.69) is 4.98 Å². The second-order valence-corrected chi connectivity index (χ2v) is 6.82. The molecule has 2 N–H and O–H groups in total. The number of para-hydroxylation sites is 3. The molecule has 1 amide bonds. The highest BCUT2D eigenvalue weighted by Crippen LogP contribution is 2.21. The topological polar surface area (TPSA) is 73.4 Å². The van der Waals surface area contributed by atoms with Crippen molar-refractivity contribution in [3.63, 3.8) is 0 Å². The van der Waals surface area contributed by atoms with Crippen molar-refractivity contribution >= 4 is 41.8 Å². The highest BCUT2D eigenvalue weighted by Gasteiger charge is 2.28. The molecule has 1 saturated heterocycles. The summed E-state index contributed by atoms with van der Waals surface area (Å²) in [5.74, 6) is 1.62. The molecule has 29 heavy (non-hydrogen) atoms. The van der Waals surface area contributed by atoms with Gasteiger partial charge >= 0.3 is 0 Å². The number of imidazole rings is 1. The van der Waals surface area contributed by atoms with Crippen molar-refractivity contribution in [2.24, 2.45) is 5.73 Å². The molecule has 1 unspecified atom stereocenters. The standard InChI is InChI=1S/C21H24N4O2.2ClH/c22-13-16-7-6-12-24(16)21(26)14-25-19-11-5-4-10-18(19)23-20(25)15-27-17-8-2-1-3-9-17;;/h1-5,8-11,16H,6-7,12-15,22H2;2*1H. The van der Waals surface area contributed by atoms with Crippen LogP contribution in [0.3, 0.4) is 0 Å². The Balaban J connectivity index is 0.00000150. The number of nitrogens with two attached hydrogens (primary N) is 1. The maximum absolute atomic E-state index is 12.9. The fourth-order valence-corrected chi connectivity index (χ4v) is 3.71. The molecule has 1 fully saturated rings. The van der Waals surface area contributed by atoms with Crippen molar-refractivity contribution in [1.82, 2.24) is 14.5 Å². The molecule has 3 aromatic rings. The van der Waals surface area contributed by atoms with Crippen LogP contribution in [-0.4, -0.2) is 39.5 Å². The van der Waals surface area contributed by atoms with Crippen LogP contribution in [0.5, 0.6) is 5.75 Å². The zero-order valence-corrected chi connectivity index (χ0v) is 17.7. The van der Waals surface area contributed by atoms with E-state index < -0.39 is 0 Å². The predicted octanol–water partition coefficient (Wildman–Crippen LogP) is 3.41. The quantitative estimate of drug-likeness (QED) is 0.642. The third-order valence-electron chi connectivity index (χ3n) is 5.11. The van der Waals surface area contributed by atoms with E-state index in [1.54, 1.807) is 0 Å². The van der Waals surface area contributed by atoms with Gasteiger partial charge in [-0.2, -0.15) is 0 Å². The minimum atomic E-state index is 0. The first kappa shape index (κ1) is 23.0. The highest BCUT2D eigenvalue weighted by molar-refractivity contribution is 5.85. The normalized spacial score (nSPS) is 15.6. The molecule has 0 radical (unpaired) electrons. The van der Waals surface area contributed by atoms with Crippen LogP contribution in [0.4, 0.5) is 0 Å². The molecular formula is C21H26Cl2N4O2. The minimum Gasteiger partial charge on any atom is -0.486 e. The number of rotatable bonds is 6. The van der Waals surface area contributed by atoms with Crippen molar-refractivity contribution in [3.05, 3.63) is 60.4 Å². The number of carbonyl (C=O) groups excluding carboxylic acids is 1. The van der Waals surface area contributed by atoms with Crippen LogP contribution in [0.15, 0.2) is 54.6 Å². The zero-order valence-electron chi connectivity index (χ0n) is 16.1. The van der Waals surface area contributed by atoms with Crippen molar-refractivity contribution < 1.29 is 9.53 Å². The van der Waals surface area contributed by atoms with E-state index in [0.717, 1.165) is 42.0 Å². The molecule has 6 nitrogen and oxygen atoms in total. The Hall–Kier alpha value is -2.28. The number of halogens is 2. The van der Waals surface area contributed by atoms with Gasteiger partial charge in [0.1, 0.15) is 24.7 Å². The summed E-state index contributed by atoms with van der Waals surface area (Å²) in [6.45, 7) is 1.86. The van der Waals surface area contributed by atoms with Gasteiger partial charge < -0.3 is 19.9 Å². The van der Waals surface area contributed by atoms with Crippen LogP contribution >= 0.6 is 24.8 Å². The molecule has 1 aliphatic heterocycles. The van der Waals surface area contributed by atoms with Gasteiger partial charge in [-0.3, -0.25) is 4.79 Å². The molecule has 4 rings (SSSR count). The number of hydrogen-bond donors (Lipinski definition) is 1. The second kappa shape index (κ2) is 10.5. The largest absolute Gasteiger partial charge is 0.486 e. The van der Waals surface area contributed by atoms with Gasteiger partial charge in [0.2, 0.25) is 5.91 Å². The Labute approximate surface area is 182 Å². The van der Waals surface area contributed by atoms with Crippen LogP contribution in [0.2, 0.25) is 0 Å². The molecule has 0 spiro atoms. The lowest BCUT2D eigenvalue weighted by molar-refractivity contribution is -0.132. The van der Waals surface area contributed by atoms with Crippen molar-refractivity contribution in [3.8, 4) is 5.75 Å². The van der Waals surface area contributed by atoms with Crippen molar-refractivity contribution in [1.29, 1.82) is 0 Å². The number of nitrogens with zero attached hydrogens (tertiary/aromatic N) is 3. The molecule has 2 heterocycles. The van der Waals surface area contributed by atoms with Gasteiger partial charge in [0.25, 0.3) is 0 Å². The lowest BCUT2D eigenvalue weighted by Crippen LogP contribution is -2.41. The number of ether oxygens (including phenoxy) is 1. The van der Waals surface area contributed by atoms with E-state index >= 15 is 0 Å². The van der Waals surface area contributed by atoms with E-state index in [-0.39, 0.29) is 43.3 Å². The first-order valence-corrected chi connectivity index (χ1v) is 9.38. The summed E-state index contributed by atoms with van der Waals surface area (Å²) >= 11 is 0. The van der Waals surface area contributed by atoms with Crippen LogP contribution < -0.4 is 10.5 Å². The van der Waals surface area contributed by atoms with E-state index in [9.17, 15) is 4.79 Å². The molecule has 8 heteroatoms. The van der Waals surface area contributed by atoms with Crippen LogP contribution in [0.1, 0.15) is 18.7 Å². The summed E-state index contributed by atoms with van der Waals surface area (Å²) in [4.78, 5) is 19.5. The van der Waals surface area contributed by atoms with E-state index in [4.69, 9.17) is 10.5 Å². The maximum atomic E-state index is 12.9. The van der Waals surface area contributed by atoms with Crippen LogP contribution in [0.25, 0.3) is 11.0 Å². The zero-order chi connectivity index (χ0) is 18.6. The third kappa shape index (κ3) is 5.01. The van der Waals surface area contributed by atoms with Gasteiger partial charge in [-0.1, -0.05) is 30.3 Å². The molecule has 1 aliphatic rings. The number of likely N-dealkylation sites (tertiary alicyclic amines) is 1. The molecule has 1 aromatic heterocycles. The molecule has 0 bridgehead atoms. The average molecular weight is 437 g/mol. The van der Waals surface area contributed by atoms with Crippen LogP contribution in [-0.2, 0) is 17.9 Å². The summed E-state index contributed by atoms with van der Waals surface area (Å²) < 4.78 is 7.85. The van der Waals surface area contributed by atoms with Gasteiger partial charge in [-0.25, -0.2) is 4.98 Å². The number of benzene rings is 2. The fourth-order valence-electron chi connectivity index (χ4n) is 3.71. The van der Waals surface area contributed by atoms with Crippen molar-refractivity contribution in [2.75, 3.05) is 13.1 Å². The minimum absolute atomic E-state index is 0. The van der Waals surface area contributed by atoms with Gasteiger partial charge in [0, 0.05) is 19.1 Å². The van der Waals surface area contributed by atoms with E-state index in [1.807, 2.05) is 64.1 Å². The lowest BCUT2D eigenvalue weighted by Gasteiger charge is -2.24. The molecule has 0 aliphatic carbocycles. The Morgan fingerprint density at radius 2 is 1.83 bits per heavy atom. The first-order valence-electron chi connectivity index (χ1n) is 9.38. The Morgan fingerprint density at radius 1 is 1.10 bits per heavy atom. The average Bonchev–Trinajstić information content (AvgIpc) is 3.32. The van der Waals surface area contributed by atoms with Gasteiger partial charge in [-0.15, -0.1) is 24.8 Å². The smallest absolute Gasteiger partial charge is 0.242 e. The summed E-state index contributed by atoms with van der Waals surface area (Å²) in [5, 5.41) is 0. The Bertz CT molecular complexity index is 933. The number of carbonyl (C=O) groups is 1. The van der Waals surface area contributed by atoms with Crippen molar-refractivity contribution in [2.45, 2.75) is 32.0 Å². The summed E-state index contributed by atoms with van der Waals surface area (Å²) in [6, 6.07) is 17.7. The predicted molar refractivity (Wildman–Crippen MR) is 119 cm³/mol. The van der Waals surface area contributed by atoms with Gasteiger partial charge in [0.05, 0.1) is 11.0 Å². The summed E-state index contributed by atoms with van der Waals surface area (Å²) in [5.41, 5.74) is 7.65. The Morgan fingerprint density at radius 3 is 2.59 bits per heavy atom. The fraction of sp³-hybridized carbons (Fsp3) is 0.333. The molecule has 0 saturated carbocycles. The third-order valence-corrected chi connectivity index (χ3v) is 5.11. The number of aromatic nitrogens is 2. The lowest BCUT2D eigenvalue weighted by atomic mass is 10.2. The maximum Gasteiger partial charge on any atom is 0.242 e. The van der Waals surface area contributed by atoms with E-state index in [1.165, 1.54) is 0 Å². The molecular weight excluding hydrogens is 411 g/mol. The molecule has 156 valence electrons. The number of hydrogen-bond acceptors (Lipinski definition) is 4. The Kier molecular flexibility index (Phi) is 8.32. The van der Waals surface area contributed by atoms with E-state index in [0.29, 0.717) is 13.2 Å². The number of fused-ring (bicyclic) bond motifs is 1. The monoisotopic (exact) mass is 436 g/mol. The van der Waals surface area contributed by atoms with Gasteiger partial charge in [-0.05, 0) is 37.1 Å². The summed E-state index contributed by atoms with van der Waals surface area (Å²) in [7, 11) is 0. The van der Waals surface area contributed by atoms with Crippen LogP contribution in [0, 0.1) is 0 Å². The first-order chi connectivity index (χ1) is 13.3. The van der Waals surface area contributed by atoms with Gasteiger partial charge in [0.15, 0.2) is 0 Å². The molecule has 1 atom stereocenters. The second-order valence-electron chi connectivity index (χ2n) is 6.82. The molecule has 2 aromatic carbocycles. The number of amides is 1. The highest BCUT2D eigenvalue weighted by atomic mass is 35.5.